The zero-order chi connectivity index (χ0) is 31.1. The average molecular weight is 707 g/mol. The van der Waals surface area contributed by atoms with Gasteiger partial charge in [0.1, 0.15) is 0 Å². The van der Waals surface area contributed by atoms with Gasteiger partial charge in [-0.2, -0.15) is 35.5 Å². The smallest absolute Gasteiger partial charge is 0.0920 e. The van der Waals surface area contributed by atoms with Crippen molar-refractivity contribution in [2.24, 2.45) is 5.92 Å². The van der Waals surface area contributed by atoms with Crippen molar-refractivity contribution in [2.75, 3.05) is 0 Å². The topological polar surface area (TPSA) is 0 Å². The van der Waals surface area contributed by atoms with Crippen LogP contribution in [0, 0.1) is 12.0 Å². The summed E-state index contributed by atoms with van der Waals surface area (Å²) in [6.45, 7) is 9.19. The summed E-state index contributed by atoms with van der Waals surface area (Å²) in [6, 6.07) is 47.2. The minimum absolute atomic E-state index is 0.478. The van der Waals surface area contributed by atoms with Gasteiger partial charge in [0.2, 0.25) is 0 Å². The Morgan fingerprint density at radius 1 is 0.727 bits per heavy atom. The van der Waals surface area contributed by atoms with Crippen molar-refractivity contribution >= 4 is 47.7 Å². The average Bonchev–Trinajstić information content (AvgIpc) is 3.62. The molecule has 0 N–H and O–H groups in total. The van der Waals surface area contributed by atoms with Crippen LogP contribution in [0.5, 0.6) is 0 Å². The number of hydrogen-bond donors (Lipinski definition) is 0. The predicted octanol–water partition coefficient (Wildman–Crippen LogP) is 10.7. The fraction of sp³-hybridized carbons (Fsp3) is 0.175. The SMILES string of the molecule is CC(C)Cc1cc2c(-c3ccccc3-c3ccccc3)c(C(C)C)ccc2[cH-]1.[Cl][Zr+2][Cl].[c-]1cccc2c1[Si]c1ccccc1-2. The summed E-state index contributed by atoms with van der Waals surface area (Å²) >= 11 is -0.826. The first-order valence-corrected chi connectivity index (χ1v) is 22.4. The summed E-state index contributed by atoms with van der Waals surface area (Å²) in [5, 5.41) is 5.58. The van der Waals surface area contributed by atoms with Gasteiger partial charge in [-0.1, -0.05) is 128 Å². The van der Waals surface area contributed by atoms with Gasteiger partial charge >= 0.3 is 37.9 Å². The number of hydrogen-bond acceptors (Lipinski definition) is 0. The Labute approximate surface area is 284 Å². The zero-order valence-corrected chi connectivity index (χ0v) is 30.6. The molecule has 7 rings (SSSR count). The van der Waals surface area contributed by atoms with Crippen LogP contribution in [-0.2, 0) is 27.3 Å². The van der Waals surface area contributed by atoms with Crippen molar-refractivity contribution in [1.82, 2.24) is 0 Å². The third kappa shape index (κ3) is 7.60. The van der Waals surface area contributed by atoms with Crippen LogP contribution in [-0.4, -0.2) is 9.52 Å². The summed E-state index contributed by atoms with van der Waals surface area (Å²) in [6.07, 6.45) is 1.13. The van der Waals surface area contributed by atoms with Gasteiger partial charge in [0.15, 0.2) is 0 Å². The van der Waals surface area contributed by atoms with E-state index in [-0.39, 0.29) is 0 Å². The minimum Gasteiger partial charge on any atom is -0.184 e. The molecular formula is C40H36Cl2SiZr. The summed E-state index contributed by atoms with van der Waals surface area (Å²) in [4.78, 5) is 0. The van der Waals surface area contributed by atoms with Crippen LogP contribution in [0.15, 0.2) is 121 Å². The first-order chi connectivity index (χ1) is 21.4. The molecule has 1 aliphatic rings. The number of rotatable bonds is 5. The van der Waals surface area contributed by atoms with Crippen molar-refractivity contribution in [3.8, 4) is 33.4 Å². The molecule has 0 unspecified atom stereocenters. The van der Waals surface area contributed by atoms with Crippen molar-refractivity contribution in [2.45, 2.75) is 40.0 Å². The molecule has 0 nitrogen and oxygen atoms in total. The van der Waals surface area contributed by atoms with Crippen LogP contribution >= 0.6 is 17.0 Å². The van der Waals surface area contributed by atoms with Crippen molar-refractivity contribution in [3.05, 3.63) is 139 Å². The molecule has 0 saturated carbocycles. The predicted molar refractivity (Wildman–Crippen MR) is 190 cm³/mol. The Morgan fingerprint density at radius 3 is 2.07 bits per heavy atom. The molecule has 2 radical (unpaired) electrons. The second-order valence-corrected chi connectivity index (χ2v) is 16.8. The Morgan fingerprint density at radius 2 is 1.36 bits per heavy atom. The number of fused-ring (bicyclic) bond motifs is 4. The maximum absolute atomic E-state index is 4.93. The second kappa shape index (κ2) is 15.6. The molecule has 4 heteroatoms. The fourth-order valence-electron chi connectivity index (χ4n) is 6.03. The van der Waals surface area contributed by atoms with E-state index in [1.54, 1.807) is 0 Å². The van der Waals surface area contributed by atoms with E-state index >= 15 is 0 Å². The largest absolute Gasteiger partial charge is 0.184 e. The van der Waals surface area contributed by atoms with Crippen LogP contribution in [0.25, 0.3) is 44.2 Å². The zero-order valence-electron chi connectivity index (χ0n) is 25.7. The standard InChI is InChI=1S/C28H29.C12H7Si.2ClH.Zr/c1-19(2)16-21-17-23-14-15-24(20(3)4)28(27(23)18-21)26-13-9-8-12-25(26)22-10-6-5-7-11-22;1-3-7-11-9(5-1)10-6-2-4-8-12(10)13-11;;;/h5-15,17-20H,16H2,1-4H3;1-7H;2*1H;/q2*-1;;;+4/p-2. The van der Waals surface area contributed by atoms with Crippen molar-refractivity contribution in [1.29, 1.82) is 0 Å². The molecule has 0 aromatic heterocycles. The third-order valence-electron chi connectivity index (χ3n) is 7.86. The van der Waals surface area contributed by atoms with Crippen LogP contribution < -0.4 is 10.4 Å². The molecule has 0 fully saturated rings. The molecular weight excluding hydrogens is 671 g/mol. The van der Waals surface area contributed by atoms with Crippen molar-refractivity contribution in [3.63, 3.8) is 0 Å². The first-order valence-electron chi connectivity index (χ1n) is 15.1. The van der Waals surface area contributed by atoms with Gasteiger partial charge in [0.05, 0.1) is 9.52 Å². The fourth-order valence-corrected chi connectivity index (χ4v) is 7.34. The molecule has 6 aromatic carbocycles. The molecule has 0 spiro atoms. The van der Waals surface area contributed by atoms with E-state index in [4.69, 9.17) is 17.0 Å². The molecule has 1 heterocycles. The number of halogens is 2. The minimum atomic E-state index is -0.826. The quantitative estimate of drug-likeness (QED) is 0.123. The van der Waals surface area contributed by atoms with Gasteiger partial charge in [-0.05, 0) is 34.9 Å². The summed E-state index contributed by atoms with van der Waals surface area (Å²) in [7, 11) is 10.7. The summed E-state index contributed by atoms with van der Waals surface area (Å²) in [5.41, 5.74) is 11.0. The maximum atomic E-state index is 4.93. The molecule has 6 aromatic rings. The Bertz CT molecular complexity index is 1780. The third-order valence-corrected chi connectivity index (χ3v) is 9.23. The molecule has 1 aliphatic heterocycles. The van der Waals surface area contributed by atoms with E-state index in [0.717, 1.165) is 15.9 Å². The van der Waals surface area contributed by atoms with Gasteiger partial charge in [0, 0.05) is 0 Å². The molecule has 0 bridgehead atoms. The summed E-state index contributed by atoms with van der Waals surface area (Å²) in [5.74, 6) is 1.15. The van der Waals surface area contributed by atoms with Crippen LogP contribution in [0.4, 0.5) is 0 Å². The van der Waals surface area contributed by atoms with E-state index in [1.807, 2.05) is 6.07 Å². The normalized spacial score (nSPS) is 11.3. The Hall–Kier alpha value is -2.61. The molecule has 44 heavy (non-hydrogen) atoms. The van der Waals surface area contributed by atoms with Crippen molar-refractivity contribution < 1.29 is 20.8 Å². The monoisotopic (exact) mass is 704 g/mol. The van der Waals surface area contributed by atoms with Gasteiger partial charge < -0.3 is 0 Å². The van der Waals surface area contributed by atoms with E-state index in [2.05, 4.69) is 149 Å². The molecule has 0 saturated heterocycles. The Kier molecular flexibility index (Phi) is 11.6. The molecule has 218 valence electrons. The van der Waals surface area contributed by atoms with Gasteiger partial charge in [-0.3, -0.25) is 0 Å². The van der Waals surface area contributed by atoms with Crippen LogP contribution in [0.3, 0.4) is 0 Å². The van der Waals surface area contributed by atoms with Gasteiger partial charge in [-0.25, -0.2) is 0 Å². The van der Waals surface area contributed by atoms with E-state index in [0.29, 0.717) is 11.8 Å². The first kappa shape index (κ1) is 32.8. The summed E-state index contributed by atoms with van der Waals surface area (Å²) < 4.78 is 0. The van der Waals surface area contributed by atoms with E-state index in [9.17, 15) is 0 Å². The van der Waals surface area contributed by atoms with E-state index in [1.165, 1.54) is 65.7 Å². The molecule has 0 amide bonds. The van der Waals surface area contributed by atoms with Crippen LogP contribution in [0.2, 0.25) is 0 Å². The Balaban J connectivity index is 0.000000198. The maximum Gasteiger partial charge on any atom is 0.0920 e. The molecule has 0 aliphatic carbocycles. The van der Waals surface area contributed by atoms with E-state index < -0.39 is 20.8 Å². The van der Waals surface area contributed by atoms with Gasteiger partial charge in [0.25, 0.3) is 0 Å². The number of benzene rings is 5. The van der Waals surface area contributed by atoms with Gasteiger partial charge in [-0.15, -0.1) is 40.1 Å². The molecule has 0 atom stereocenters. The second-order valence-electron chi connectivity index (χ2n) is 11.8. The van der Waals surface area contributed by atoms with Crippen LogP contribution in [0.1, 0.15) is 44.7 Å².